The maximum Gasteiger partial charge on any atom is 0.251 e. The van der Waals surface area contributed by atoms with Crippen LogP contribution in [0, 0.1) is 17.1 Å². The number of nitrogens with one attached hydrogen (secondary N) is 2. The van der Waals surface area contributed by atoms with E-state index in [9.17, 15) is 14.0 Å². The van der Waals surface area contributed by atoms with Crippen LogP contribution in [0.1, 0.15) is 65.5 Å². The van der Waals surface area contributed by atoms with E-state index in [-0.39, 0.29) is 23.7 Å². The van der Waals surface area contributed by atoms with Crippen molar-refractivity contribution in [2.75, 3.05) is 19.6 Å². The van der Waals surface area contributed by atoms with Gasteiger partial charge in [-0.3, -0.25) is 9.59 Å². The summed E-state index contributed by atoms with van der Waals surface area (Å²) in [4.78, 5) is 28.4. The Labute approximate surface area is 227 Å². The Kier molecular flexibility index (Phi) is 8.27. The maximum absolute atomic E-state index is 13.5. The second-order valence-corrected chi connectivity index (χ2v) is 10.3. The lowest BCUT2D eigenvalue weighted by Gasteiger charge is -2.34. The second kappa shape index (κ2) is 12.2. The second-order valence-electron chi connectivity index (χ2n) is 10.3. The number of halogens is 1. The zero-order valence-electron chi connectivity index (χ0n) is 21.7. The van der Waals surface area contributed by atoms with Crippen LogP contribution in [0.2, 0.25) is 0 Å². The Morgan fingerprint density at radius 2 is 1.74 bits per heavy atom. The van der Waals surface area contributed by atoms with Crippen LogP contribution in [0.15, 0.2) is 61.2 Å². The molecule has 1 aromatic heterocycles. The predicted molar refractivity (Wildman–Crippen MR) is 142 cm³/mol. The molecule has 10 heteroatoms. The molecule has 3 atom stereocenters. The van der Waals surface area contributed by atoms with Crippen molar-refractivity contribution in [2.24, 2.45) is 0 Å². The highest BCUT2D eigenvalue weighted by molar-refractivity contribution is 5.97. The highest BCUT2D eigenvalue weighted by atomic mass is 19.1. The van der Waals surface area contributed by atoms with Gasteiger partial charge >= 0.3 is 0 Å². The van der Waals surface area contributed by atoms with Crippen LogP contribution in [0.3, 0.4) is 0 Å². The summed E-state index contributed by atoms with van der Waals surface area (Å²) in [6.07, 6.45) is 7.24. The third-order valence-electron chi connectivity index (χ3n) is 7.68. The molecule has 2 N–H and O–H groups in total. The summed E-state index contributed by atoms with van der Waals surface area (Å²) in [6, 6.07) is 15.1. The van der Waals surface area contributed by atoms with Gasteiger partial charge in [-0.2, -0.15) is 5.26 Å². The third kappa shape index (κ3) is 6.67. The van der Waals surface area contributed by atoms with Crippen LogP contribution in [-0.2, 0) is 4.79 Å². The van der Waals surface area contributed by atoms with E-state index < -0.39 is 6.04 Å². The third-order valence-corrected chi connectivity index (χ3v) is 7.68. The van der Waals surface area contributed by atoms with Gasteiger partial charge in [-0.15, -0.1) is 10.2 Å². The van der Waals surface area contributed by atoms with E-state index in [0.717, 1.165) is 24.8 Å². The fourth-order valence-electron chi connectivity index (χ4n) is 5.29. The van der Waals surface area contributed by atoms with Crippen LogP contribution in [0.4, 0.5) is 4.39 Å². The molecule has 0 radical (unpaired) electrons. The molecule has 2 aromatic carbocycles. The number of rotatable bonds is 10. The average molecular weight is 530 g/mol. The van der Waals surface area contributed by atoms with Crippen molar-refractivity contribution < 1.29 is 14.0 Å². The molecule has 1 saturated carbocycles. The number of likely N-dealkylation sites (tertiary alicyclic amines) is 1. The van der Waals surface area contributed by atoms with Crippen molar-refractivity contribution in [1.82, 2.24) is 30.3 Å². The first kappa shape index (κ1) is 26.5. The molecular weight excluding hydrogens is 497 g/mol. The lowest BCUT2D eigenvalue weighted by atomic mass is 10.0. The van der Waals surface area contributed by atoms with Gasteiger partial charge in [0, 0.05) is 36.7 Å². The van der Waals surface area contributed by atoms with Gasteiger partial charge in [0.05, 0.1) is 11.6 Å². The summed E-state index contributed by atoms with van der Waals surface area (Å²) in [5.74, 6) is -0.254. The summed E-state index contributed by atoms with van der Waals surface area (Å²) < 4.78 is 15.2. The van der Waals surface area contributed by atoms with Gasteiger partial charge < -0.3 is 20.1 Å². The zero-order valence-corrected chi connectivity index (χ0v) is 21.7. The standard InChI is InChI=1S/C29H32FN7O2/c30-23-9-7-21(8-10-23)25-16-27(25)32-13-1-2-26(35-28(38)22-5-3-20(17-31)4-6-22)29(39)36-14-11-24(12-15-36)37-18-33-34-19-37/h3-10,18-19,24-27,32H,1-2,11-16H2,(H,35,38)/t25-,26-,27+/m0/s1. The SMILES string of the molecule is N#Cc1ccc(C(=O)N[C@@H](CCCN[C@@H]2C[C@H]2c2ccc(F)cc2)C(=O)N2CCC(n3cnnc3)CC2)cc1. The molecular formula is C29H32FN7O2. The predicted octanol–water partition coefficient (Wildman–Crippen LogP) is 3.18. The fraction of sp³-hybridized carbons (Fsp3) is 0.414. The van der Waals surface area contributed by atoms with Crippen LogP contribution in [-0.4, -0.2) is 63.2 Å². The van der Waals surface area contributed by atoms with Crippen molar-refractivity contribution in [1.29, 1.82) is 5.26 Å². The smallest absolute Gasteiger partial charge is 0.251 e. The lowest BCUT2D eigenvalue weighted by molar-refractivity contribution is -0.134. The molecule has 9 nitrogen and oxygen atoms in total. The van der Waals surface area contributed by atoms with E-state index in [1.54, 1.807) is 36.9 Å². The minimum Gasteiger partial charge on any atom is -0.341 e. The van der Waals surface area contributed by atoms with E-state index in [1.165, 1.54) is 12.1 Å². The van der Waals surface area contributed by atoms with Gasteiger partial charge in [0.2, 0.25) is 5.91 Å². The normalized spacial score (nSPS) is 19.7. The van der Waals surface area contributed by atoms with Gasteiger partial charge in [0.1, 0.15) is 24.5 Å². The average Bonchev–Trinajstić information content (AvgIpc) is 3.53. The van der Waals surface area contributed by atoms with Crippen LogP contribution in [0.25, 0.3) is 0 Å². The zero-order chi connectivity index (χ0) is 27.2. The van der Waals surface area contributed by atoms with Crippen molar-refractivity contribution in [3.63, 3.8) is 0 Å². The molecule has 1 aliphatic carbocycles. The summed E-state index contributed by atoms with van der Waals surface area (Å²) >= 11 is 0. The first-order chi connectivity index (χ1) is 19.0. The number of nitriles is 1. The molecule has 3 aromatic rings. The molecule has 39 heavy (non-hydrogen) atoms. The minimum atomic E-state index is -0.645. The molecule has 0 spiro atoms. The Bertz CT molecular complexity index is 1300. The monoisotopic (exact) mass is 529 g/mol. The number of nitrogens with zero attached hydrogens (tertiary/aromatic N) is 5. The number of hydrogen-bond donors (Lipinski definition) is 2. The molecule has 0 bridgehead atoms. The van der Waals surface area contributed by atoms with Crippen LogP contribution >= 0.6 is 0 Å². The van der Waals surface area contributed by atoms with Crippen LogP contribution < -0.4 is 10.6 Å². The van der Waals surface area contributed by atoms with Gasteiger partial charge in [0.25, 0.3) is 5.91 Å². The number of amides is 2. The highest BCUT2D eigenvalue weighted by Gasteiger charge is 2.37. The molecule has 2 fully saturated rings. The molecule has 202 valence electrons. The Morgan fingerprint density at radius 1 is 1.05 bits per heavy atom. The molecule has 5 rings (SSSR count). The molecule has 2 amide bonds. The number of carbonyl (C=O) groups excluding carboxylic acids is 2. The minimum absolute atomic E-state index is 0.0742. The molecule has 1 saturated heterocycles. The number of aromatic nitrogens is 3. The molecule has 2 aliphatic rings. The Morgan fingerprint density at radius 3 is 2.41 bits per heavy atom. The quantitative estimate of drug-likeness (QED) is 0.390. The van der Waals surface area contributed by atoms with Crippen molar-refractivity contribution in [2.45, 2.75) is 56.1 Å². The van der Waals surface area contributed by atoms with E-state index in [0.29, 0.717) is 55.6 Å². The summed E-state index contributed by atoms with van der Waals surface area (Å²) in [6.45, 7) is 1.92. The van der Waals surface area contributed by atoms with E-state index in [1.807, 2.05) is 27.7 Å². The van der Waals surface area contributed by atoms with E-state index in [4.69, 9.17) is 5.26 Å². The number of piperidine rings is 1. The highest BCUT2D eigenvalue weighted by Crippen LogP contribution is 2.40. The largest absolute Gasteiger partial charge is 0.341 e. The topological polar surface area (TPSA) is 116 Å². The number of carbonyl (C=O) groups is 2. The van der Waals surface area contributed by atoms with E-state index >= 15 is 0 Å². The van der Waals surface area contributed by atoms with Crippen molar-refractivity contribution >= 4 is 11.8 Å². The Hall–Kier alpha value is -4.10. The summed E-state index contributed by atoms with van der Waals surface area (Å²) in [7, 11) is 0. The molecule has 2 heterocycles. The van der Waals surface area contributed by atoms with Gasteiger partial charge in [-0.25, -0.2) is 4.39 Å². The van der Waals surface area contributed by atoms with Crippen molar-refractivity contribution in [3.8, 4) is 6.07 Å². The van der Waals surface area contributed by atoms with Crippen molar-refractivity contribution in [3.05, 3.63) is 83.7 Å². The van der Waals surface area contributed by atoms with Gasteiger partial charge in [-0.1, -0.05) is 12.1 Å². The maximum atomic E-state index is 13.5. The lowest BCUT2D eigenvalue weighted by Crippen LogP contribution is -2.51. The first-order valence-corrected chi connectivity index (χ1v) is 13.4. The molecule has 0 unspecified atom stereocenters. The van der Waals surface area contributed by atoms with E-state index in [2.05, 4.69) is 20.8 Å². The fourth-order valence-corrected chi connectivity index (χ4v) is 5.29. The number of benzene rings is 2. The van der Waals surface area contributed by atoms with Crippen LogP contribution in [0.5, 0.6) is 0 Å². The van der Waals surface area contributed by atoms with Gasteiger partial charge in [0.15, 0.2) is 0 Å². The van der Waals surface area contributed by atoms with Gasteiger partial charge in [-0.05, 0) is 80.6 Å². The summed E-state index contributed by atoms with van der Waals surface area (Å²) in [5.41, 5.74) is 2.02. The number of hydrogen-bond acceptors (Lipinski definition) is 6. The molecule has 1 aliphatic heterocycles. The summed E-state index contributed by atoms with van der Waals surface area (Å²) in [5, 5.41) is 23.3. The Balaban J connectivity index is 1.16. The first-order valence-electron chi connectivity index (χ1n) is 13.4.